The molecule has 0 saturated heterocycles. The van der Waals surface area contributed by atoms with Crippen molar-refractivity contribution in [2.75, 3.05) is 30.6 Å². The number of nitrogens with zero attached hydrogens (tertiary/aromatic N) is 6. The molecule has 2 aliphatic carbocycles. The van der Waals surface area contributed by atoms with Crippen molar-refractivity contribution in [3.63, 3.8) is 0 Å². The Balaban J connectivity index is 1.23. The standard InChI is InChI=1S/C52H56N6P2/c1-35-27-36-15-11-23-53-42(36)31-46(35)57(2)48-33-44-38(17-13-25-55-44)29-51(48)60(4,41-21-9-6-10-22-41)52-30-39-18-14-26-56-45(39)34-49(52)58(3)47-32-43-37(16-12-24-54-43)28-50(47)59-40-19-7-5-8-20-40/h11-18,23-34,40-41,59-60H,5-10,19-22H2,1-4H3. The van der Waals surface area contributed by atoms with E-state index in [2.05, 4.69) is 128 Å². The molecule has 0 aliphatic heterocycles. The fourth-order valence-electron chi connectivity index (χ4n) is 10.7. The van der Waals surface area contributed by atoms with Crippen LogP contribution in [0.25, 0.3) is 43.6 Å². The van der Waals surface area contributed by atoms with Crippen LogP contribution < -0.4 is 25.7 Å². The summed E-state index contributed by atoms with van der Waals surface area (Å²) in [5.74, 6) is 0. The van der Waals surface area contributed by atoms with E-state index in [9.17, 15) is 0 Å². The van der Waals surface area contributed by atoms with Gasteiger partial charge in [0.25, 0.3) is 0 Å². The van der Waals surface area contributed by atoms with Gasteiger partial charge in [-0.05, 0) is 0 Å². The van der Waals surface area contributed by atoms with Crippen LogP contribution in [0.1, 0.15) is 69.8 Å². The maximum atomic E-state index is 5.01. The maximum absolute atomic E-state index is 5.01. The van der Waals surface area contributed by atoms with Crippen molar-refractivity contribution in [3.8, 4) is 0 Å². The van der Waals surface area contributed by atoms with E-state index < -0.39 is 7.26 Å². The van der Waals surface area contributed by atoms with E-state index in [1.807, 2.05) is 30.9 Å². The Labute approximate surface area is 357 Å². The van der Waals surface area contributed by atoms with Gasteiger partial charge in [-0.2, -0.15) is 0 Å². The average Bonchev–Trinajstić information content (AvgIpc) is 3.30. The van der Waals surface area contributed by atoms with Crippen LogP contribution in [0.3, 0.4) is 0 Å². The molecular formula is C52H56N6P2. The number of fused-ring (bicyclic) bond motifs is 4. The Kier molecular flexibility index (Phi) is 10.7. The molecule has 0 N–H and O–H groups in total. The van der Waals surface area contributed by atoms with E-state index in [0.29, 0.717) is 5.66 Å². The zero-order valence-corrected chi connectivity index (χ0v) is 37.5. The number of hydrogen-bond acceptors (Lipinski definition) is 6. The molecule has 2 saturated carbocycles. The first-order chi connectivity index (χ1) is 29.3. The molecule has 2 aliphatic rings. The van der Waals surface area contributed by atoms with Gasteiger partial charge in [-0.25, -0.2) is 0 Å². The van der Waals surface area contributed by atoms with Gasteiger partial charge in [0.15, 0.2) is 0 Å². The van der Waals surface area contributed by atoms with Crippen LogP contribution in [-0.2, 0) is 0 Å². The summed E-state index contributed by atoms with van der Waals surface area (Å²) < 4.78 is 0. The van der Waals surface area contributed by atoms with Crippen LogP contribution in [0.5, 0.6) is 0 Å². The van der Waals surface area contributed by atoms with Crippen LogP contribution in [0.2, 0.25) is 0 Å². The Hall–Kier alpha value is -5.02. The van der Waals surface area contributed by atoms with Gasteiger partial charge in [0, 0.05) is 0 Å². The molecule has 4 aromatic carbocycles. The summed E-state index contributed by atoms with van der Waals surface area (Å²) in [7, 11) is 2.68. The Morgan fingerprint density at radius 3 is 1.43 bits per heavy atom. The average molecular weight is 827 g/mol. The van der Waals surface area contributed by atoms with Crippen LogP contribution in [0.15, 0.2) is 122 Å². The summed E-state index contributed by atoms with van der Waals surface area (Å²) in [6.07, 6.45) is 20.7. The molecular weight excluding hydrogens is 771 g/mol. The second-order valence-corrected chi connectivity index (χ2v) is 23.6. The van der Waals surface area contributed by atoms with E-state index >= 15 is 0 Å². The van der Waals surface area contributed by atoms with Gasteiger partial charge >= 0.3 is 358 Å². The molecule has 60 heavy (non-hydrogen) atoms. The van der Waals surface area contributed by atoms with Gasteiger partial charge in [0.1, 0.15) is 0 Å². The first-order valence-corrected chi connectivity index (χ1v) is 25.8. The van der Waals surface area contributed by atoms with Crippen molar-refractivity contribution in [1.29, 1.82) is 0 Å². The number of rotatable bonds is 9. The number of anilines is 4. The second-order valence-electron chi connectivity index (χ2n) is 17.7. The molecule has 4 aromatic heterocycles. The molecule has 1 atom stereocenters. The van der Waals surface area contributed by atoms with Crippen LogP contribution in [-0.4, -0.2) is 52.0 Å². The number of benzene rings is 4. The summed E-state index contributed by atoms with van der Waals surface area (Å²) in [6.45, 7) is 4.94. The SMILES string of the molecule is Cc1cc2cccnc2cc1N(C)c1cc2ncccc2cc1[PH](C)(c1cc2cccnc2cc1N(C)c1cc2ncccc2cc1PC1CCCCC1)C1CCCCC1. The Morgan fingerprint density at radius 2 is 0.917 bits per heavy atom. The van der Waals surface area contributed by atoms with Crippen molar-refractivity contribution < 1.29 is 0 Å². The third kappa shape index (κ3) is 7.20. The molecule has 1 unspecified atom stereocenters. The third-order valence-electron chi connectivity index (χ3n) is 14.0. The van der Waals surface area contributed by atoms with E-state index in [4.69, 9.17) is 19.9 Å². The molecule has 2 fully saturated rings. The van der Waals surface area contributed by atoms with Crippen molar-refractivity contribution >= 4 is 98.1 Å². The number of aryl methyl sites for hydroxylation is 1. The molecule has 4 heterocycles. The fraction of sp³-hybridized carbons (Fsp3) is 0.308. The number of aromatic nitrogens is 4. The van der Waals surface area contributed by atoms with Gasteiger partial charge in [0.05, 0.1) is 0 Å². The molecule has 304 valence electrons. The fourth-order valence-corrected chi connectivity index (χ4v) is 17.6. The van der Waals surface area contributed by atoms with Crippen molar-refractivity contribution in [1.82, 2.24) is 19.9 Å². The third-order valence-corrected chi connectivity index (χ3v) is 21.0. The normalized spacial score (nSPS) is 16.1. The zero-order chi connectivity index (χ0) is 40.8. The van der Waals surface area contributed by atoms with Crippen LogP contribution in [0.4, 0.5) is 22.7 Å². The van der Waals surface area contributed by atoms with Gasteiger partial charge in [0.2, 0.25) is 0 Å². The van der Waals surface area contributed by atoms with Gasteiger partial charge in [-0.3, -0.25) is 0 Å². The minimum atomic E-state index is -2.67. The number of pyridine rings is 4. The topological polar surface area (TPSA) is 58.0 Å². The van der Waals surface area contributed by atoms with Crippen LogP contribution in [0, 0.1) is 6.92 Å². The monoisotopic (exact) mass is 826 g/mol. The predicted octanol–water partition coefficient (Wildman–Crippen LogP) is 12.0. The van der Waals surface area contributed by atoms with E-state index in [1.165, 1.54) is 130 Å². The van der Waals surface area contributed by atoms with E-state index in [-0.39, 0.29) is 0 Å². The molecule has 8 aromatic rings. The first kappa shape index (κ1) is 39.1. The minimum absolute atomic E-state index is 0.551. The van der Waals surface area contributed by atoms with Gasteiger partial charge in [-0.1, -0.05) is 0 Å². The second kappa shape index (κ2) is 16.4. The van der Waals surface area contributed by atoms with Crippen molar-refractivity contribution in [2.45, 2.75) is 82.4 Å². The molecule has 0 bridgehead atoms. The van der Waals surface area contributed by atoms with E-state index in [1.54, 1.807) is 0 Å². The predicted molar refractivity (Wildman–Crippen MR) is 263 cm³/mol. The molecule has 8 heteroatoms. The van der Waals surface area contributed by atoms with Crippen molar-refractivity contribution in [3.05, 3.63) is 127 Å². The molecule has 10 rings (SSSR count). The van der Waals surface area contributed by atoms with Crippen molar-refractivity contribution in [2.24, 2.45) is 0 Å². The molecule has 6 nitrogen and oxygen atoms in total. The molecule has 0 radical (unpaired) electrons. The summed E-state index contributed by atoms with van der Waals surface area (Å²) >= 11 is 0. The zero-order valence-electron chi connectivity index (χ0n) is 35.5. The van der Waals surface area contributed by atoms with Gasteiger partial charge in [-0.15, -0.1) is 0 Å². The summed E-state index contributed by atoms with van der Waals surface area (Å²) in [4.78, 5) is 24.7. The first-order valence-electron chi connectivity index (χ1n) is 22.1. The summed E-state index contributed by atoms with van der Waals surface area (Å²) in [5.41, 5.74) is 11.6. The van der Waals surface area contributed by atoms with E-state index in [0.717, 1.165) is 36.3 Å². The quantitative estimate of drug-likeness (QED) is 0.135. The summed E-state index contributed by atoms with van der Waals surface area (Å²) in [6, 6.07) is 36.5. The summed E-state index contributed by atoms with van der Waals surface area (Å²) in [5, 5.41) is 9.21. The number of hydrogen-bond donors (Lipinski definition) is 0. The van der Waals surface area contributed by atoms with Gasteiger partial charge < -0.3 is 0 Å². The molecule has 0 spiro atoms. The van der Waals surface area contributed by atoms with Crippen LogP contribution >= 0.6 is 15.8 Å². The Bertz CT molecular complexity index is 2870. The Morgan fingerprint density at radius 1 is 0.500 bits per heavy atom. The molecule has 0 amide bonds.